The molecule has 8 heteroatoms. The third-order valence-electron chi connectivity index (χ3n) is 2.41. The fraction of sp³-hybridized carbons (Fsp3) is 0.0833. The SMILES string of the molecule is N#Cc1ccc(Cl)cc1NC(=O)Cn1cnnc1C#N. The third-order valence-corrected chi connectivity index (χ3v) is 2.64. The van der Waals surface area contributed by atoms with Gasteiger partial charge in [0.15, 0.2) is 0 Å². The van der Waals surface area contributed by atoms with Crippen molar-refractivity contribution in [3.05, 3.63) is 40.9 Å². The number of nitrogens with one attached hydrogen (secondary N) is 1. The molecule has 1 heterocycles. The zero-order valence-electron chi connectivity index (χ0n) is 10.0. The molecule has 0 atom stereocenters. The van der Waals surface area contributed by atoms with Crippen LogP contribution in [-0.2, 0) is 11.3 Å². The Bertz CT molecular complexity index is 739. The zero-order chi connectivity index (χ0) is 14.5. The van der Waals surface area contributed by atoms with E-state index in [0.29, 0.717) is 16.3 Å². The highest BCUT2D eigenvalue weighted by Crippen LogP contribution is 2.20. The maximum absolute atomic E-state index is 11.9. The molecule has 0 aliphatic heterocycles. The van der Waals surface area contributed by atoms with Gasteiger partial charge < -0.3 is 5.32 Å². The van der Waals surface area contributed by atoms with Gasteiger partial charge in [-0.3, -0.25) is 9.36 Å². The average molecular weight is 287 g/mol. The summed E-state index contributed by atoms with van der Waals surface area (Å²) in [7, 11) is 0. The Labute approximate surface area is 119 Å². The number of rotatable bonds is 3. The summed E-state index contributed by atoms with van der Waals surface area (Å²) in [6.45, 7) is -0.132. The first-order chi connectivity index (χ1) is 9.63. The van der Waals surface area contributed by atoms with E-state index in [1.165, 1.54) is 23.0 Å². The predicted molar refractivity (Wildman–Crippen MR) is 69.5 cm³/mol. The highest BCUT2D eigenvalue weighted by molar-refractivity contribution is 6.31. The van der Waals surface area contributed by atoms with Gasteiger partial charge in [-0.15, -0.1) is 10.2 Å². The van der Waals surface area contributed by atoms with Crippen molar-refractivity contribution in [2.75, 3.05) is 5.32 Å². The molecule has 2 aromatic rings. The lowest BCUT2D eigenvalue weighted by Crippen LogP contribution is -2.19. The number of nitriles is 2. The smallest absolute Gasteiger partial charge is 0.244 e. The quantitative estimate of drug-likeness (QED) is 0.915. The van der Waals surface area contributed by atoms with Gasteiger partial charge in [-0.2, -0.15) is 10.5 Å². The van der Waals surface area contributed by atoms with Crippen LogP contribution >= 0.6 is 11.6 Å². The average Bonchev–Trinajstić information content (AvgIpc) is 2.86. The first-order valence-electron chi connectivity index (χ1n) is 5.41. The van der Waals surface area contributed by atoms with E-state index in [1.807, 2.05) is 12.1 Å². The lowest BCUT2D eigenvalue weighted by Gasteiger charge is -2.08. The molecule has 1 aromatic carbocycles. The van der Waals surface area contributed by atoms with E-state index in [0.717, 1.165) is 0 Å². The van der Waals surface area contributed by atoms with E-state index in [4.69, 9.17) is 22.1 Å². The van der Waals surface area contributed by atoms with Crippen molar-refractivity contribution in [2.24, 2.45) is 0 Å². The third kappa shape index (κ3) is 2.91. The summed E-state index contributed by atoms with van der Waals surface area (Å²) in [6.07, 6.45) is 1.28. The van der Waals surface area contributed by atoms with Crippen LogP contribution in [0.1, 0.15) is 11.4 Å². The number of carbonyl (C=O) groups excluding carboxylic acids is 1. The molecule has 98 valence electrons. The molecule has 0 bridgehead atoms. The monoisotopic (exact) mass is 286 g/mol. The molecule has 20 heavy (non-hydrogen) atoms. The standard InChI is InChI=1S/C12H7ClN6O/c13-9-2-1-8(4-14)10(3-9)17-12(20)6-19-7-16-18-11(19)5-15/h1-3,7H,6H2,(H,17,20). The van der Waals surface area contributed by atoms with Crippen LogP contribution in [-0.4, -0.2) is 20.7 Å². The van der Waals surface area contributed by atoms with Gasteiger partial charge in [0.1, 0.15) is 25.0 Å². The van der Waals surface area contributed by atoms with Gasteiger partial charge in [0.05, 0.1) is 11.3 Å². The van der Waals surface area contributed by atoms with Gasteiger partial charge in [-0.1, -0.05) is 11.6 Å². The van der Waals surface area contributed by atoms with Crippen LogP contribution in [0.25, 0.3) is 0 Å². The van der Waals surface area contributed by atoms with Crippen LogP contribution in [0, 0.1) is 22.7 Å². The van der Waals surface area contributed by atoms with Crippen molar-refractivity contribution in [2.45, 2.75) is 6.54 Å². The van der Waals surface area contributed by atoms with Gasteiger partial charge in [0, 0.05) is 5.02 Å². The molecule has 0 aliphatic carbocycles. The Morgan fingerprint density at radius 2 is 2.20 bits per heavy atom. The van der Waals surface area contributed by atoms with Gasteiger partial charge >= 0.3 is 0 Å². The number of aromatic nitrogens is 3. The fourth-order valence-corrected chi connectivity index (χ4v) is 1.69. The van der Waals surface area contributed by atoms with Crippen molar-refractivity contribution in [3.8, 4) is 12.1 Å². The summed E-state index contributed by atoms with van der Waals surface area (Å²) in [6, 6.07) is 8.32. The van der Waals surface area contributed by atoms with Crippen molar-refractivity contribution in [3.63, 3.8) is 0 Å². The Morgan fingerprint density at radius 3 is 2.90 bits per heavy atom. The largest absolute Gasteiger partial charge is 0.323 e. The van der Waals surface area contributed by atoms with Crippen LogP contribution in [0.5, 0.6) is 0 Å². The molecule has 0 fully saturated rings. The number of benzene rings is 1. The van der Waals surface area contributed by atoms with E-state index in [2.05, 4.69) is 15.5 Å². The summed E-state index contributed by atoms with van der Waals surface area (Å²) in [5.41, 5.74) is 0.614. The minimum atomic E-state index is -0.417. The summed E-state index contributed by atoms with van der Waals surface area (Å²) >= 11 is 5.82. The lowest BCUT2D eigenvalue weighted by molar-refractivity contribution is -0.116. The fourth-order valence-electron chi connectivity index (χ4n) is 1.52. The molecule has 0 saturated heterocycles. The lowest BCUT2D eigenvalue weighted by atomic mass is 10.2. The van der Waals surface area contributed by atoms with Gasteiger partial charge in [0.25, 0.3) is 0 Å². The van der Waals surface area contributed by atoms with Gasteiger partial charge in [-0.25, -0.2) is 0 Å². The number of hydrogen-bond donors (Lipinski definition) is 1. The van der Waals surface area contributed by atoms with Crippen LogP contribution in [0.4, 0.5) is 5.69 Å². The minimum Gasteiger partial charge on any atom is -0.323 e. The van der Waals surface area contributed by atoms with Crippen LogP contribution in [0.15, 0.2) is 24.5 Å². The van der Waals surface area contributed by atoms with E-state index in [9.17, 15) is 4.79 Å². The Morgan fingerprint density at radius 1 is 1.40 bits per heavy atom. The summed E-state index contributed by atoms with van der Waals surface area (Å²) in [5.74, 6) is -0.383. The first-order valence-corrected chi connectivity index (χ1v) is 5.79. The van der Waals surface area contributed by atoms with Crippen LogP contribution in [0.2, 0.25) is 5.02 Å². The molecule has 0 aliphatic rings. The van der Waals surface area contributed by atoms with Gasteiger partial charge in [0.2, 0.25) is 11.7 Å². The Hall–Kier alpha value is -2.90. The summed E-state index contributed by atoms with van der Waals surface area (Å²) in [5, 5.41) is 27.8. The van der Waals surface area contributed by atoms with E-state index < -0.39 is 5.91 Å². The number of amides is 1. The molecule has 0 radical (unpaired) electrons. The molecule has 1 N–H and O–H groups in total. The van der Waals surface area contributed by atoms with Crippen molar-refractivity contribution in [1.82, 2.24) is 14.8 Å². The second-order valence-electron chi connectivity index (χ2n) is 3.74. The molecular formula is C12H7ClN6O. The summed E-state index contributed by atoms with van der Waals surface area (Å²) < 4.78 is 1.30. The van der Waals surface area contributed by atoms with E-state index in [1.54, 1.807) is 6.07 Å². The Kier molecular flexibility index (Phi) is 3.94. The molecule has 7 nitrogen and oxygen atoms in total. The second-order valence-corrected chi connectivity index (χ2v) is 4.18. The topological polar surface area (TPSA) is 107 Å². The maximum atomic E-state index is 11.9. The molecular weight excluding hydrogens is 280 g/mol. The van der Waals surface area contributed by atoms with Crippen molar-refractivity contribution >= 4 is 23.2 Å². The zero-order valence-corrected chi connectivity index (χ0v) is 10.8. The first kappa shape index (κ1) is 13.5. The van der Waals surface area contributed by atoms with Crippen LogP contribution < -0.4 is 5.32 Å². The van der Waals surface area contributed by atoms with E-state index in [-0.39, 0.29) is 12.4 Å². The van der Waals surface area contributed by atoms with Gasteiger partial charge in [-0.05, 0) is 18.2 Å². The molecule has 0 spiro atoms. The normalized spacial score (nSPS) is 9.55. The number of anilines is 1. The van der Waals surface area contributed by atoms with Crippen molar-refractivity contribution in [1.29, 1.82) is 10.5 Å². The maximum Gasteiger partial charge on any atom is 0.244 e. The number of carbonyl (C=O) groups is 1. The van der Waals surface area contributed by atoms with Crippen molar-refractivity contribution < 1.29 is 4.79 Å². The molecule has 0 unspecified atom stereocenters. The summed E-state index contributed by atoms with van der Waals surface area (Å²) in [4.78, 5) is 11.9. The molecule has 0 saturated carbocycles. The van der Waals surface area contributed by atoms with E-state index >= 15 is 0 Å². The predicted octanol–water partition coefficient (Wildman–Crippen LogP) is 1.31. The highest BCUT2D eigenvalue weighted by atomic mass is 35.5. The second kappa shape index (κ2) is 5.83. The molecule has 1 amide bonds. The molecule has 2 rings (SSSR count). The highest BCUT2D eigenvalue weighted by Gasteiger charge is 2.11. The number of halogens is 1. The van der Waals surface area contributed by atoms with Crippen LogP contribution in [0.3, 0.4) is 0 Å². The Balaban J connectivity index is 2.15. The minimum absolute atomic E-state index is 0.0340. The number of nitrogens with zero attached hydrogens (tertiary/aromatic N) is 5. The molecule has 1 aromatic heterocycles. The number of hydrogen-bond acceptors (Lipinski definition) is 5.